The monoisotopic (exact) mass is 507 g/mol. The first-order valence-electron chi connectivity index (χ1n) is 10.7. The number of nitrogens with zero attached hydrogens (tertiary/aromatic N) is 2. The number of methoxy groups -OCH3 is 1. The van der Waals surface area contributed by atoms with Gasteiger partial charge in [-0.3, -0.25) is 14.4 Å². The van der Waals surface area contributed by atoms with Crippen LogP contribution in [0.2, 0.25) is 5.02 Å². The average molecular weight is 508 g/mol. The van der Waals surface area contributed by atoms with E-state index in [4.69, 9.17) is 27.9 Å². The number of aryl methyl sites for hydroxylation is 1. The number of carbonyl (C=O) groups excluding carboxylic acids is 3. The molecule has 34 heavy (non-hydrogen) atoms. The van der Waals surface area contributed by atoms with Crippen LogP contribution >= 0.6 is 23.2 Å². The molecule has 0 saturated heterocycles. The van der Waals surface area contributed by atoms with Gasteiger partial charge in [-0.2, -0.15) is 0 Å². The first kappa shape index (κ1) is 24.4. The van der Waals surface area contributed by atoms with Crippen molar-refractivity contribution in [3.05, 3.63) is 58.5 Å². The number of nitrogens with one attached hydrogen (secondary N) is 1. The zero-order valence-corrected chi connectivity index (χ0v) is 20.3. The van der Waals surface area contributed by atoms with Crippen molar-refractivity contribution in [3.8, 4) is 0 Å². The lowest BCUT2D eigenvalue weighted by Gasteiger charge is -2.71. The minimum atomic E-state index is -0.983. The van der Waals surface area contributed by atoms with E-state index >= 15 is 0 Å². The molecule has 1 N–H and O–H groups in total. The number of pyridine rings is 1. The second kappa shape index (κ2) is 9.15. The fraction of sp³-hybridized carbons (Fsp3) is 0.417. The summed E-state index contributed by atoms with van der Waals surface area (Å²) in [6.45, 7) is 2.08. The van der Waals surface area contributed by atoms with Gasteiger partial charge in [0.05, 0.1) is 17.5 Å². The van der Waals surface area contributed by atoms with Crippen LogP contribution in [-0.2, 0) is 25.7 Å². The molecule has 5 rings (SSSR count). The molecule has 2 aromatic rings. The lowest BCUT2D eigenvalue weighted by Crippen LogP contribution is -2.75. The third kappa shape index (κ3) is 4.25. The summed E-state index contributed by atoms with van der Waals surface area (Å²) in [6.07, 6.45) is 2.39. The number of amides is 2. The maximum Gasteiger partial charge on any atom is 0.311 e. The van der Waals surface area contributed by atoms with E-state index in [0.29, 0.717) is 19.3 Å². The molecule has 1 unspecified atom stereocenters. The van der Waals surface area contributed by atoms with Gasteiger partial charge in [0.15, 0.2) is 11.6 Å². The molecule has 1 heterocycles. The predicted octanol–water partition coefficient (Wildman–Crippen LogP) is 4.10. The van der Waals surface area contributed by atoms with Gasteiger partial charge >= 0.3 is 5.97 Å². The Morgan fingerprint density at radius 2 is 1.88 bits per heavy atom. The number of anilines is 1. The molecule has 3 aliphatic carbocycles. The third-order valence-corrected chi connectivity index (χ3v) is 7.22. The average Bonchev–Trinajstić information content (AvgIpc) is 2.76. The number of carbonyl (C=O) groups is 3. The second-order valence-corrected chi connectivity index (χ2v) is 9.88. The number of hydrogen-bond acceptors (Lipinski definition) is 5. The number of rotatable bonds is 8. The lowest BCUT2D eigenvalue weighted by atomic mass is 9.33. The molecule has 7 nitrogen and oxygen atoms in total. The smallest absolute Gasteiger partial charge is 0.311 e. The molecule has 3 fully saturated rings. The molecular formula is C24H24Cl2FN3O4. The van der Waals surface area contributed by atoms with Crippen LogP contribution < -0.4 is 5.32 Å². The molecule has 3 aliphatic rings. The number of hydrogen-bond donors (Lipinski definition) is 1. The highest BCUT2D eigenvalue weighted by atomic mass is 35.5. The topological polar surface area (TPSA) is 88.6 Å². The van der Waals surface area contributed by atoms with Gasteiger partial charge in [-0.1, -0.05) is 41.4 Å². The Morgan fingerprint density at radius 1 is 1.24 bits per heavy atom. The zero-order valence-electron chi connectivity index (χ0n) is 18.7. The van der Waals surface area contributed by atoms with E-state index in [-0.39, 0.29) is 29.2 Å². The molecule has 10 heteroatoms. The predicted molar refractivity (Wildman–Crippen MR) is 125 cm³/mol. The molecule has 180 valence electrons. The highest BCUT2D eigenvalue weighted by Crippen LogP contribution is 2.75. The Labute approximate surface area is 206 Å². The van der Waals surface area contributed by atoms with E-state index in [2.05, 4.69) is 10.3 Å². The van der Waals surface area contributed by atoms with Crippen LogP contribution in [0.1, 0.15) is 30.4 Å². The van der Waals surface area contributed by atoms with Crippen molar-refractivity contribution in [1.29, 1.82) is 0 Å². The Kier molecular flexibility index (Phi) is 6.57. The SMILES string of the molecule is COC(=O)C12CC(C(C(=O)Nc3ncc(Cl)cc3F)N(Cc3ccc(C)cc3)C(=O)CCl)(C1)C2. The summed E-state index contributed by atoms with van der Waals surface area (Å²) < 4.78 is 19.3. The molecule has 1 atom stereocenters. The van der Waals surface area contributed by atoms with Crippen molar-refractivity contribution in [2.24, 2.45) is 10.8 Å². The van der Waals surface area contributed by atoms with Gasteiger partial charge in [0.25, 0.3) is 0 Å². The standard InChI is InChI=1S/C24H24Cl2FN3O4/c1-14-3-5-15(6-4-14)10-30(18(31)8-25)19(23-11-24(12-23,13-23)22(33)34-2)21(32)29-20-17(27)7-16(26)9-28-20/h3-7,9,19H,8,10-13H2,1-2H3,(H,28,29,32). The largest absolute Gasteiger partial charge is 0.469 e. The summed E-state index contributed by atoms with van der Waals surface area (Å²) in [4.78, 5) is 44.1. The number of benzene rings is 1. The fourth-order valence-electron chi connectivity index (χ4n) is 5.32. The Balaban J connectivity index is 1.67. The summed E-state index contributed by atoms with van der Waals surface area (Å²) >= 11 is 11.7. The highest BCUT2D eigenvalue weighted by Gasteiger charge is 2.76. The summed E-state index contributed by atoms with van der Waals surface area (Å²) in [5.41, 5.74) is 0.577. The van der Waals surface area contributed by atoms with Gasteiger partial charge in [0.2, 0.25) is 11.8 Å². The number of aromatic nitrogens is 1. The number of esters is 1. The van der Waals surface area contributed by atoms with Crippen molar-refractivity contribution >= 4 is 46.8 Å². The molecule has 2 amide bonds. The fourth-order valence-corrected chi connectivity index (χ4v) is 5.62. The first-order valence-corrected chi connectivity index (χ1v) is 11.7. The van der Waals surface area contributed by atoms with Gasteiger partial charge in [0.1, 0.15) is 11.9 Å². The molecular weight excluding hydrogens is 484 g/mol. The third-order valence-electron chi connectivity index (χ3n) is 6.79. The zero-order chi connectivity index (χ0) is 24.7. The van der Waals surface area contributed by atoms with Gasteiger partial charge in [-0.15, -0.1) is 11.6 Å². The van der Waals surface area contributed by atoms with E-state index in [1.165, 1.54) is 18.2 Å². The van der Waals surface area contributed by atoms with Gasteiger partial charge < -0.3 is 15.0 Å². The van der Waals surface area contributed by atoms with Gasteiger partial charge in [0, 0.05) is 18.2 Å². The van der Waals surface area contributed by atoms with Crippen LogP contribution in [0.25, 0.3) is 0 Å². The summed E-state index contributed by atoms with van der Waals surface area (Å²) in [5.74, 6) is -2.78. The van der Waals surface area contributed by atoms with Crippen molar-refractivity contribution in [2.45, 2.75) is 38.8 Å². The van der Waals surface area contributed by atoms with Crippen LogP contribution in [0.3, 0.4) is 0 Å². The van der Waals surface area contributed by atoms with Gasteiger partial charge in [-0.25, -0.2) is 9.37 Å². The maximum absolute atomic E-state index is 14.4. The van der Waals surface area contributed by atoms with E-state index in [9.17, 15) is 18.8 Å². The number of alkyl halides is 1. The summed E-state index contributed by atoms with van der Waals surface area (Å²) in [7, 11) is 1.33. The molecule has 0 radical (unpaired) electrons. The Hall–Kier alpha value is -2.71. The molecule has 1 aromatic heterocycles. The molecule has 2 bridgehead atoms. The normalized spacial score (nSPS) is 23.2. The second-order valence-electron chi connectivity index (χ2n) is 9.18. The quantitative estimate of drug-likeness (QED) is 0.429. The van der Waals surface area contributed by atoms with Crippen LogP contribution in [0, 0.1) is 23.6 Å². The highest BCUT2D eigenvalue weighted by molar-refractivity contribution is 6.30. The van der Waals surface area contributed by atoms with Crippen molar-refractivity contribution in [2.75, 3.05) is 18.3 Å². The molecule has 3 saturated carbocycles. The van der Waals surface area contributed by atoms with E-state index < -0.39 is 34.5 Å². The van der Waals surface area contributed by atoms with E-state index in [1.54, 1.807) is 0 Å². The van der Waals surface area contributed by atoms with Crippen molar-refractivity contribution in [1.82, 2.24) is 9.88 Å². The Morgan fingerprint density at radius 3 is 2.44 bits per heavy atom. The number of ether oxygens (including phenoxy) is 1. The maximum atomic E-state index is 14.4. The minimum absolute atomic E-state index is 0.0878. The van der Waals surface area contributed by atoms with Crippen LogP contribution in [0.5, 0.6) is 0 Å². The minimum Gasteiger partial charge on any atom is -0.469 e. The van der Waals surface area contributed by atoms with E-state index in [0.717, 1.165) is 17.2 Å². The summed E-state index contributed by atoms with van der Waals surface area (Å²) in [5, 5.41) is 2.60. The molecule has 0 spiro atoms. The van der Waals surface area contributed by atoms with Crippen molar-refractivity contribution in [3.63, 3.8) is 0 Å². The summed E-state index contributed by atoms with van der Waals surface area (Å²) in [6, 6.07) is 7.63. The molecule has 0 aliphatic heterocycles. The van der Waals surface area contributed by atoms with E-state index in [1.807, 2.05) is 31.2 Å². The van der Waals surface area contributed by atoms with Crippen molar-refractivity contribution < 1.29 is 23.5 Å². The van der Waals surface area contributed by atoms with Crippen LogP contribution in [0.4, 0.5) is 10.2 Å². The number of halogens is 3. The van der Waals surface area contributed by atoms with Crippen LogP contribution in [-0.4, -0.2) is 46.7 Å². The molecule has 1 aromatic carbocycles. The Bertz CT molecular complexity index is 1120. The van der Waals surface area contributed by atoms with Gasteiger partial charge in [-0.05, 0) is 37.8 Å². The first-order chi connectivity index (χ1) is 16.1. The lowest BCUT2D eigenvalue weighted by molar-refractivity contribution is -0.244. The van der Waals surface area contributed by atoms with Crippen LogP contribution in [0.15, 0.2) is 36.5 Å².